The van der Waals surface area contributed by atoms with Crippen LogP contribution in [0.5, 0.6) is 11.5 Å². The van der Waals surface area contributed by atoms with Gasteiger partial charge in [-0.1, -0.05) is 48.5 Å². The highest BCUT2D eigenvalue weighted by molar-refractivity contribution is 5.95. The van der Waals surface area contributed by atoms with Gasteiger partial charge in [-0.3, -0.25) is 9.59 Å². The van der Waals surface area contributed by atoms with Crippen LogP contribution in [0.4, 0.5) is 0 Å². The number of nitrogens with one attached hydrogen (secondary N) is 1. The second kappa shape index (κ2) is 8.57. The van der Waals surface area contributed by atoms with Crippen LogP contribution in [0.25, 0.3) is 10.8 Å². The lowest BCUT2D eigenvalue weighted by Gasteiger charge is -2.55. The van der Waals surface area contributed by atoms with Crippen LogP contribution in [0.1, 0.15) is 36.4 Å². The Hall–Kier alpha value is -3.58. The van der Waals surface area contributed by atoms with Gasteiger partial charge in [0.2, 0.25) is 18.6 Å². The molecule has 1 atom stereocenters. The van der Waals surface area contributed by atoms with Gasteiger partial charge < -0.3 is 24.6 Å². The van der Waals surface area contributed by atoms with Gasteiger partial charge in [0.05, 0.1) is 12.5 Å². The maximum atomic E-state index is 13.9. The lowest BCUT2D eigenvalue weighted by Crippen LogP contribution is -2.68. The molecule has 2 saturated heterocycles. The molecule has 3 aromatic carbocycles. The van der Waals surface area contributed by atoms with Crippen molar-refractivity contribution in [2.75, 3.05) is 26.9 Å². The average Bonchev–Trinajstić information content (AvgIpc) is 3.35. The van der Waals surface area contributed by atoms with Crippen molar-refractivity contribution in [1.29, 1.82) is 0 Å². The summed E-state index contributed by atoms with van der Waals surface area (Å²) in [6, 6.07) is 20.0. The van der Waals surface area contributed by atoms with Gasteiger partial charge in [-0.15, -0.1) is 0 Å². The number of hydrogen-bond acceptors (Lipinski definition) is 5. The first-order chi connectivity index (χ1) is 17.0. The molecule has 0 aliphatic carbocycles. The molecule has 7 heteroatoms. The summed E-state index contributed by atoms with van der Waals surface area (Å²) in [6.45, 7) is 2.16. The van der Waals surface area contributed by atoms with Crippen LogP contribution < -0.4 is 14.8 Å². The average molecular weight is 472 g/mol. The molecule has 0 bridgehead atoms. The standard InChI is InChI=1S/C28H29N3O4/c1-30-13-11-28(12-14-30,27(33)29-17-21-7-4-6-19-5-2-3-8-22(19)21)31-23(16-26(31)32)20-9-10-24-25(15-20)35-18-34-24/h2-10,15,23H,11-14,16-18H2,1H3,(H,29,33). The number of fused-ring (bicyclic) bond motifs is 2. The largest absolute Gasteiger partial charge is 0.454 e. The highest BCUT2D eigenvalue weighted by atomic mass is 16.7. The third-order valence-corrected chi connectivity index (χ3v) is 7.75. The Bertz CT molecular complexity index is 1290. The van der Waals surface area contributed by atoms with E-state index in [-0.39, 0.29) is 24.6 Å². The van der Waals surface area contributed by atoms with Crippen molar-refractivity contribution in [3.05, 3.63) is 71.8 Å². The number of ether oxygens (including phenoxy) is 2. The lowest BCUT2D eigenvalue weighted by atomic mass is 9.78. The van der Waals surface area contributed by atoms with E-state index in [1.807, 2.05) is 47.4 Å². The van der Waals surface area contributed by atoms with Gasteiger partial charge in [0.15, 0.2) is 11.5 Å². The van der Waals surface area contributed by atoms with Gasteiger partial charge in [-0.05, 0) is 53.9 Å². The molecule has 3 heterocycles. The number of rotatable bonds is 5. The molecule has 3 aromatic rings. The van der Waals surface area contributed by atoms with Gasteiger partial charge in [-0.2, -0.15) is 0 Å². The summed E-state index contributed by atoms with van der Waals surface area (Å²) in [6.07, 6.45) is 1.61. The van der Waals surface area contributed by atoms with E-state index in [0.29, 0.717) is 37.3 Å². The fraction of sp³-hybridized carbons (Fsp3) is 0.357. The zero-order valence-corrected chi connectivity index (χ0v) is 19.8. The summed E-state index contributed by atoms with van der Waals surface area (Å²) in [5.41, 5.74) is 1.18. The van der Waals surface area contributed by atoms with Crippen LogP contribution in [0.2, 0.25) is 0 Å². The SMILES string of the molecule is CN1CCC(C(=O)NCc2cccc3ccccc23)(N2C(=O)CC2c2ccc3c(c2)OCO3)CC1. The Labute approximate surface area is 204 Å². The van der Waals surface area contributed by atoms with Crippen molar-refractivity contribution in [2.24, 2.45) is 0 Å². The van der Waals surface area contributed by atoms with Gasteiger partial charge in [0, 0.05) is 19.6 Å². The summed E-state index contributed by atoms with van der Waals surface area (Å²) in [5.74, 6) is 1.36. The Morgan fingerprint density at radius 1 is 1.03 bits per heavy atom. The molecule has 1 unspecified atom stereocenters. The molecule has 0 radical (unpaired) electrons. The van der Waals surface area contributed by atoms with E-state index in [1.165, 1.54) is 0 Å². The molecule has 1 N–H and O–H groups in total. The molecule has 3 aliphatic heterocycles. The van der Waals surface area contributed by atoms with Crippen LogP contribution in [0, 0.1) is 0 Å². The van der Waals surface area contributed by atoms with Crippen molar-refractivity contribution in [2.45, 2.75) is 37.4 Å². The molecule has 3 aliphatic rings. The first-order valence-corrected chi connectivity index (χ1v) is 12.2. The number of β-lactam (4-membered cyclic amide) rings is 1. The number of nitrogens with zero attached hydrogens (tertiary/aromatic N) is 2. The topological polar surface area (TPSA) is 71.1 Å². The number of carbonyl (C=O) groups is 2. The number of likely N-dealkylation sites (tertiary alicyclic amines) is 2. The minimum Gasteiger partial charge on any atom is -0.454 e. The number of benzene rings is 3. The quantitative estimate of drug-likeness (QED) is 0.576. The Kier molecular flexibility index (Phi) is 5.37. The highest BCUT2D eigenvalue weighted by Gasteiger charge is 2.55. The van der Waals surface area contributed by atoms with Crippen molar-refractivity contribution >= 4 is 22.6 Å². The zero-order valence-electron chi connectivity index (χ0n) is 19.8. The fourth-order valence-corrected chi connectivity index (χ4v) is 5.69. The molecule has 0 saturated carbocycles. The molecule has 35 heavy (non-hydrogen) atoms. The Morgan fingerprint density at radius 3 is 2.63 bits per heavy atom. The minimum atomic E-state index is -0.868. The molecule has 7 nitrogen and oxygen atoms in total. The van der Waals surface area contributed by atoms with E-state index in [4.69, 9.17) is 9.47 Å². The third-order valence-electron chi connectivity index (χ3n) is 7.75. The van der Waals surface area contributed by atoms with Crippen LogP contribution in [-0.4, -0.2) is 54.1 Å². The number of carbonyl (C=O) groups excluding carboxylic acids is 2. The van der Waals surface area contributed by atoms with Crippen molar-refractivity contribution in [3.63, 3.8) is 0 Å². The predicted molar refractivity (Wildman–Crippen MR) is 132 cm³/mol. The van der Waals surface area contributed by atoms with Crippen molar-refractivity contribution in [1.82, 2.24) is 15.1 Å². The predicted octanol–water partition coefficient (Wildman–Crippen LogP) is 3.62. The Morgan fingerprint density at radius 2 is 1.80 bits per heavy atom. The second-order valence-electron chi connectivity index (χ2n) is 9.75. The van der Waals surface area contributed by atoms with Crippen LogP contribution >= 0.6 is 0 Å². The lowest BCUT2D eigenvalue weighted by molar-refractivity contribution is -0.169. The third kappa shape index (κ3) is 3.71. The molecule has 0 aromatic heterocycles. The van der Waals surface area contributed by atoms with Gasteiger partial charge in [-0.25, -0.2) is 0 Å². The monoisotopic (exact) mass is 471 g/mol. The van der Waals surface area contributed by atoms with Crippen LogP contribution in [-0.2, 0) is 16.1 Å². The maximum absolute atomic E-state index is 13.9. The van der Waals surface area contributed by atoms with Crippen LogP contribution in [0.15, 0.2) is 60.7 Å². The van der Waals surface area contributed by atoms with E-state index >= 15 is 0 Å². The van der Waals surface area contributed by atoms with Gasteiger partial charge >= 0.3 is 0 Å². The maximum Gasteiger partial charge on any atom is 0.246 e. The van der Waals surface area contributed by atoms with E-state index < -0.39 is 5.54 Å². The first-order valence-electron chi connectivity index (χ1n) is 12.2. The zero-order chi connectivity index (χ0) is 24.0. The number of amides is 2. The molecule has 2 amide bonds. The molecule has 180 valence electrons. The smallest absolute Gasteiger partial charge is 0.246 e. The van der Waals surface area contributed by atoms with E-state index in [9.17, 15) is 9.59 Å². The molecular weight excluding hydrogens is 442 g/mol. The Balaban J connectivity index is 1.29. The first kappa shape index (κ1) is 21.9. The molecule has 2 fully saturated rings. The number of hydrogen-bond donors (Lipinski definition) is 1. The highest BCUT2D eigenvalue weighted by Crippen LogP contribution is 2.46. The summed E-state index contributed by atoms with van der Waals surface area (Å²) >= 11 is 0. The number of piperidine rings is 1. The van der Waals surface area contributed by atoms with E-state index in [2.05, 4.69) is 35.5 Å². The fourth-order valence-electron chi connectivity index (χ4n) is 5.69. The second-order valence-corrected chi connectivity index (χ2v) is 9.75. The normalized spacial score (nSPS) is 21.1. The summed E-state index contributed by atoms with van der Waals surface area (Å²) in [4.78, 5) is 31.0. The van der Waals surface area contributed by atoms with Crippen molar-refractivity contribution in [3.8, 4) is 11.5 Å². The molecule has 6 rings (SSSR count). The van der Waals surface area contributed by atoms with Crippen molar-refractivity contribution < 1.29 is 19.1 Å². The summed E-state index contributed by atoms with van der Waals surface area (Å²) in [5, 5.41) is 5.48. The van der Waals surface area contributed by atoms with E-state index in [1.54, 1.807) is 0 Å². The van der Waals surface area contributed by atoms with Gasteiger partial charge in [0.1, 0.15) is 5.54 Å². The molecule has 0 spiro atoms. The van der Waals surface area contributed by atoms with Crippen LogP contribution in [0.3, 0.4) is 0 Å². The van der Waals surface area contributed by atoms with Gasteiger partial charge in [0.25, 0.3) is 0 Å². The summed E-state index contributed by atoms with van der Waals surface area (Å²) in [7, 11) is 2.06. The molecular formula is C28H29N3O4. The minimum absolute atomic E-state index is 0.0255. The van der Waals surface area contributed by atoms with E-state index in [0.717, 1.165) is 35.0 Å². The summed E-state index contributed by atoms with van der Waals surface area (Å²) < 4.78 is 11.0.